The van der Waals surface area contributed by atoms with E-state index < -0.39 is 12.8 Å². The van der Waals surface area contributed by atoms with Gasteiger partial charge < -0.3 is 10.5 Å². The Morgan fingerprint density at radius 2 is 2.08 bits per heavy atom. The average Bonchev–Trinajstić information content (AvgIpc) is 1.93. The molecule has 0 bridgehead atoms. The highest BCUT2D eigenvalue weighted by atomic mass is 32.2. The maximum atomic E-state index is 11.5. The lowest BCUT2D eigenvalue weighted by Crippen LogP contribution is -2.17. The molecule has 0 aliphatic heterocycles. The van der Waals surface area contributed by atoms with Gasteiger partial charge in [0.05, 0.1) is 0 Å². The molecule has 0 aromatic heterocycles. The number of thioether (sulfide) groups is 1. The number of halogens is 3. The molecule has 0 unspecified atom stereocenters. The van der Waals surface area contributed by atoms with Gasteiger partial charge in [0, 0.05) is 12.4 Å². The van der Waals surface area contributed by atoms with E-state index in [0.717, 1.165) is 11.8 Å². The van der Waals surface area contributed by atoms with Crippen molar-refractivity contribution < 1.29 is 17.9 Å². The Morgan fingerprint density at radius 3 is 2.54 bits per heavy atom. The fourth-order valence-electron chi connectivity index (χ4n) is 0.531. The summed E-state index contributed by atoms with van der Waals surface area (Å²) in [4.78, 5) is 0. The van der Waals surface area contributed by atoms with E-state index in [4.69, 9.17) is 11.1 Å². The van der Waals surface area contributed by atoms with E-state index in [1.54, 1.807) is 0 Å². The minimum Gasteiger partial charge on any atom is -0.379 e. The van der Waals surface area contributed by atoms with Crippen LogP contribution in [0, 0.1) is 5.41 Å². The van der Waals surface area contributed by atoms with E-state index in [1.807, 2.05) is 0 Å². The lowest BCUT2D eigenvalue weighted by molar-refractivity contribution is -0.173. The van der Waals surface area contributed by atoms with Crippen LogP contribution in [-0.2, 0) is 4.74 Å². The molecule has 0 radical (unpaired) electrons. The monoisotopic (exact) mass is 216 g/mol. The van der Waals surface area contributed by atoms with Gasteiger partial charge in [0.15, 0.2) is 5.17 Å². The third-order valence-corrected chi connectivity index (χ3v) is 1.76. The zero-order valence-electron chi connectivity index (χ0n) is 6.86. The van der Waals surface area contributed by atoms with Crippen LogP contribution < -0.4 is 5.73 Å². The Balaban J connectivity index is 3.13. The molecule has 0 aromatic carbocycles. The summed E-state index contributed by atoms with van der Waals surface area (Å²) in [6.45, 7) is -1.17. The van der Waals surface area contributed by atoms with Crippen molar-refractivity contribution in [1.29, 1.82) is 5.41 Å². The van der Waals surface area contributed by atoms with Crippen LogP contribution in [0.15, 0.2) is 0 Å². The number of hydrogen-bond donors (Lipinski definition) is 2. The summed E-state index contributed by atoms with van der Waals surface area (Å²) in [7, 11) is 0. The quantitative estimate of drug-likeness (QED) is 0.416. The standard InChI is InChI=1S/C6H11F3N2OS/c7-6(8,9)4-12-2-1-3-13-5(10)11/h1-4H2,(H3,10,11). The maximum Gasteiger partial charge on any atom is 0.411 e. The number of alkyl halides is 3. The van der Waals surface area contributed by atoms with Gasteiger partial charge in [-0.25, -0.2) is 0 Å². The fourth-order valence-corrected chi connectivity index (χ4v) is 1.01. The summed E-state index contributed by atoms with van der Waals surface area (Å²) >= 11 is 1.09. The van der Waals surface area contributed by atoms with E-state index in [2.05, 4.69) is 4.74 Å². The molecule has 3 N–H and O–H groups in total. The Morgan fingerprint density at radius 1 is 1.46 bits per heavy atom. The molecule has 0 aliphatic carbocycles. The van der Waals surface area contributed by atoms with Crippen LogP contribution in [0.25, 0.3) is 0 Å². The van der Waals surface area contributed by atoms with Crippen molar-refractivity contribution in [3.05, 3.63) is 0 Å². The summed E-state index contributed by atoms with van der Waals surface area (Å²) in [6.07, 6.45) is -3.80. The summed E-state index contributed by atoms with van der Waals surface area (Å²) in [6, 6.07) is 0. The largest absolute Gasteiger partial charge is 0.411 e. The average molecular weight is 216 g/mol. The molecule has 0 aliphatic rings. The van der Waals surface area contributed by atoms with E-state index in [9.17, 15) is 13.2 Å². The molecule has 0 spiro atoms. The van der Waals surface area contributed by atoms with Gasteiger partial charge in [-0.1, -0.05) is 11.8 Å². The molecule has 0 saturated carbocycles. The smallest absolute Gasteiger partial charge is 0.379 e. The predicted octanol–water partition coefficient (Wildman–Crippen LogP) is 1.58. The van der Waals surface area contributed by atoms with Crippen LogP contribution in [0.3, 0.4) is 0 Å². The SMILES string of the molecule is N=C(N)SCCCOCC(F)(F)F. The molecule has 0 fully saturated rings. The first kappa shape index (κ1) is 12.6. The van der Waals surface area contributed by atoms with Crippen molar-refractivity contribution in [2.24, 2.45) is 5.73 Å². The topological polar surface area (TPSA) is 59.1 Å². The molecule has 0 aromatic rings. The van der Waals surface area contributed by atoms with Gasteiger partial charge >= 0.3 is 6.18 Å². The molecule has 0 atom stereocenters. The van der Waals surface area contributed by atoms with Crippen molar-refractivity contribution in [2.75, 3.05) is 19.0 Å². The normalized spacial score (nSPS) is 11.6. The summed E-state index contributed by atoms with van der Waals surface area (Å²) in [5, 5.41) is 6.76. The van der Waals surface area contributed by atoms with Crippen molar-refractivity contribution in [1.82, 2.24) is 0 Å². The number of rotatable bonds is 5. The van der Waals surface area contributed by atoms with Crippen molar-refractivity contribution in [3.8, 4) is 0 Å². The van der Waals surface area contributed by atoms with Crippen molar-refractivity contribution in [3.63, 3.8) is 0 Å². The molecule has 0 heterocycles. The van der Waals surface area contributed by atoms with E-state index in [-0.39, 0.29) is 11.8 Å². The maximum absolute atomic E-state index is 11.5. The number of ether oxygens (including phenoxy) is 1. The third kappa shape index (κ3) is 11.6. The second-order valence-corrected chi connectivity index (χ2v) is 3.37. The van der Waals surface area contributed by atoms with Gasteiger partial charge in [-0.3, -0.25) is 5.41 Å². The number of nitrogens with two attached hydrogens (primary N) is 1. The van der Waals surface area contributed by atoms with Gasteiger partial charge in [-0.2, -0.15) is 13.2 Å². The first-order chi connectivity index (χ1) is 5.92. The van der Waals surface area contributed by atoms with Crippen molar-refractivity contribution >= 4 is 16.9 Å². The van der Waals surface area contributed by atoms with Gasteiger partial charge in [-0.05, 0) is 6.42 Å². The number of amidine groups is 1. The number of nitrogens with one attached hydrogen (secondary N) is 1. The molecule has 0 amide bonds. The lowest BCUT2D eigenvalue weighted by atomic mass is 10.5. The third-order valence-electron chi connectivity index (χ3n) is 0.956. The zero-order valence-corrected chi connectivity index (χ0v) is 7.67. The minimum atomic E-state index is -4.26. The van der Waals surface area contributed by atoms with Gasteiger partial charge in [0.1, 0.15) is 6.61 Å². The van der Waals surface area contributed by atoms with E-state index >= 15 is 0 Å². The van der Waals surface area contributed by atoms with Gasteiger partial charge in [0.2, 0.25) is 0 Å². The van der Waals surface area contributed by atoms with Crippen LogP contribution in [0.4, 0.5) is 13.2 Å². The summed E-state index contributed by atoms with van der Waals surface area (Å²) < 4.78 is 38.9. The Labute approximate surface area is 78.3 Å². The molecule has 13 heavy (non-hydrogen) atoms. The van der Waals surface area contributed by atoms with Crippen LogP contribution in [0.5, 0.6) is 0 Å². The fraction of sp³-hybridized carbons (Fsp3) is 0.833. The highest BCUT2D eigenvalue weighted by Crippen LogP contribution is 2.14. The van der Waals surface area contributed by atoms with E-state index in [1.165, 1.54) is 0 Å². The number of hydrogen-bond acceptors (Lipinski definition) is 3. The first-order valence-corrected chi connectivity index (χ1v) is 4.51. The van der Waals surface area contributed by atoms with Crippen LogP contribution in [-0.4, -0.2) is 30.3 Å². The second kappa shape index (κ2) is 6.09. The zero-order chi connectivity index (χ0) is 10.3. The highest BCUT2D eigenvalue weighted by Gasteiger charge is 2.27. The first-order valence-electron chi connectivity index (χ1n) is 3.53. The van der Waals surface area contributed by atoms with Gasteiger partial charge in [0.25, 0.3) is 0 Å². The van der Waals surface area contributed by atoms with Crippen molar-refractivity contribution in [2.45, 2.75) is 12.6 Å². The predicted molar refractivity (Wildman–Crippen MR) is 45.9 cm³/mol. The minimum absolute atomic E-state index is 0.0316. The van der Waals surface area contributed by atoms with Crippen LogP contribution in [0.1, 0.15) is 6.42 Å². The lowest BCUT2D eigenvalue weighted by Gasteiger charge is -2.06. The highest BCUT2D eigenvalue weighted by molar-refractivity contribution is 8.13. The van der Waals surface area contributed by atoms with Gasteiger partial charge in [-0.15, -0.1) is 0 Å². The second-order valence-electron chi connectivity index (χ2n) is 2.23. The van der Waals surface area contributed by atoms with Crippen LogP contribution in [0.2, 0.25) is 0 Å². The molecule has 0 saturated heterocycles. The van der Waals surface area contributed by atoms with E-state index in [0.29, 0.717) is 12.2 Å². The van der Waals surface area contributed by atoms with Crippen LogP contribution >= 0.6 is 11.8 Å². The summed E-state index contributed by atoms with van der Waals surface area (Å²) in [5.74, 6) is 0.507. The molecule has 3 nitrogen and oxygen atoms in total. The Kier molecular flexibility index (Phi) is 5.89. The molecular weight excluding hydrogens is 205 g/mol. The summed E-state index contributed by atoms with van der Waals surface area (Å²) in [5.41, 5.74) is 5.00. The molecule has 7 heteroatoms. The molecule has 78 valence electrons. The Bertz CT molecular complexity index is 162. The Hall–Kier alpha value is -0.430. The molecular formula is C6H11F3N2OS. The molecule has 0 rings (SSSR count).